The van der Waals surface area contributed by atoms with Crippen LogP contribution in [-0.2, 0) is 16.0 Å². The zero-order valence-electron chi connectivity index (χ0n) is 10.7. The third-order valence-electron chi connectivity index (χ3n) is 2.89. The number of aryl methyl sites for hydroxylation is 1. The number of esters is 1. The lowest BCUT2D eigenvalue weighted by molar-refractivity contribution is -0.157. The summed E-state index contributed by atoms with van der Waals surface area (Å²) in [4.78, 5) is 16.5. The van der Waals surface area contributed by atoms with E-state index in [-0.39, 0.29) is 11.9 Å². The van der Waals surface area contributed by atoms with Crippen LogP contribution < -0.4 is 0 Å². The van der Waals surface area contributed by atoms with Crippen LogP contribution in [0.3, 0.4) is 0 Å². The van der Waals surface area contributed by atoms with Crippen molar-refractivity contribution in [3.8, 4) is 0 Å². The van der Waals surface area contributed by atoms with Crippen molar-refractivity contribution in [2.45, 2.75) is 51.6 Å². The summed E-state index contributed by atoms with van der Waals surface area (Å²) in [6, 6.07) is 3.98. The zero-order chi connectivity index (χ0) is 12.5. The van der Waals surface area contributed by atoms with E-state index in [1.165, 1.54) is 5.56 Å². The van der Waals surface area contributed by atoms with Gasteiger partial charge in [0.1, 0.15) is 5.60 Å². The van der Waals surface area contributed by atoms with Gasteiger partial charge in [0.25, 0.3) is 0 Å². The first-order valence-electron chi connectivity index (χ1n) is 6.14. The van der Waals surface area contributed by atoms with Gasteiger partial charge in [0.15, 0.2) is 0 Å². The average molecular weight is 233 g/mol. The number of rotatable bonds is 1. The maximum atomic E-state index is 12.1. The molecule has 0 bridgehead atoms. The van der Waals surface area contributed by atoms with Gasteiger partial charge in [-0.3, -0.25) is 9.78 Å². The molecule has 0 saturated heterocycles. The zero-order valence-corrected chi connectivity index (χ0v) is 10.7. The van der Waals surface area contributed by atoms with Gasteiger partial charge in [0.2, 0.25) is 0 Å². The summed E-state index contributed by atoms with van der Waals surface area (Å²) in [5.41, 5.74) is 1.67. The van der Waals surface area contributed by atoms with Crippen molar-refractivity contribution in [1.29, 1.82) is 0 Å². The van der Waals surface area contributed by atoms with E-state index in [2.05, 4.69) is 11.1 Å². The largest absolute Gasteiger partial charge is 0.459 e. The smallest absolute Gasteiger partial charge is 0.315 e. The third-order valence-corrected chi connectivity index (χ3v) is 2.89. The summed E-state index contributed by atoms with van der Waals surface area (Å²) in [6.07, 6.45) is 4.64. The second kappa shape index (κ2) is 4.47. The van der Waals surface area contributed by atoms with Crippen molar-refractivity contribution in [1.82, 2.24) is 4.98 Å². The molecule has 0 amide bonds. The average Bonchev–Trinajstić information content (AvgIpc) is 2.26. The molecule has 3 heteroatoms. The van der Waals surface area contributed by atoms with E-state index in [0.29, 0.717) is 0 Å². The predicted molar refractivity (Wildman–Crippen MR) is 65.8 cm³/mol. The molecular weight excluding hydrogens is 214 g/mol. The maximum absolute atomic E-state index is 12.1. The van der Waals surface area contributed by atoms with Gasteiger partial charge in [-0.05, 0) is 51.7 Å². The molecule has 1 aliphatic carbocycles. The number of aromatic nitrogens is 1. The lowest BCUT2D eigenvalue weighted by Gasteiger charge is -2.27. The van der Waals surface area contributed by atoms with Crippen LogP contribution in [0.4, 0.5) is 0 Å². The number of hydrogen-bond donors (Lipinski definition) is 0. The Hall–Kier alpha value is -1.38. The molecule has 0 saturated carbocycles. The molecule has 1 aromatic rings. The lowest BCUT2D eigenvalue weighted by Crippen LogP contribution is -2.30. The van der Waals surface area contributed by atoms with Gasteiger partial charge in [-0.1, -0.05) is 6.07 Å². The van der Waals surface area contributed by atoms with Crippen LogP contribution in [0, 0.1) is 0 Å². The van der Waals surface area contributed by atoms with E-state index in [1.807, 2.05) is 26.8 Å². The van der Waals surface area contributed by atoms with Gasteiger partial charge in [-0.25, -0.2) is 0 Å². The van der Waals surface area contributed by atoms with Crippen molar-refractivity contribution < 1.29 is 9.53 Å². The van der Waals surface area contributed by atoms with Crippen LogP contribution in [-0.4, -0.2) is 16.6 Å². The molecule has 17 heavy (non-hydrogen) atoms. The van der Waals surface area contributed by atoms with Gasteiger partial charge in [-0.2, -0.15) is 0 Å². The summed E-state index contributed by atoms with van der Waals surface area (Å²) in [5.74, 6) is -0.323. The normalized spacial score (nSPS) is 19.6. The number of carbonyl (C=O) groups excluding carboxylic acids is 1. The van der Waals surface area contributed by atoms with E-state index >= 15 is 0 Å². The Balaban J connectivity index is 2.21. The summed E-state index contributed by atoms with van der Waals surface area (Å²) < 4.78 is 5.46. The first kappa shape index (κ1) is 12.1. The minimum atomic E-state index is -0.427. The van der Waals surface area contributed by atoms with E-state index < -0.39 is 5.60 Å². The van der Waals surface area contributed by atoms with Crippen molar-refractivity contribution in [2.24, 2.45) is 0 Å². The highest BCUT2D eigenvalue weighted by Crippen LogP contribution is 2.31. The van der Waals surface area contributed by atoms with Gasteiger partial charge < -0.3 is 4.74 Å². The molecule has 1 atom stereocenters. The second-order valence-corrected chi connectivity index (χ2v) is 5.53. The maximum Gasteiger partial charge on any atom is 0.315 e. The molecule has 0 unspecified atom stereocenters. The molecule has 1 aromatic heterocycles. The van der Waals surface area contributed by atoms with Crippen molar-refractivity contribution in [2.75, 3.05) is 0 Å². The molecule has 0 aromatic carbocycles. The van der Waals surface area contributed by atoms with Crippen LogP contribution in [0.5, 0.6) is 0 Å². The molecule has 0 radical (unpaired) electrons. The number of fused-ring (bicyclic) bond motifs is 1. The molecule has 3 nitrogen and oxygen atoms in total. The number of hydrogen-bond acceptors (Lipinski definition) is 3. The van der Waals surface area contributed by atoms with Crippen molar-refractivity contribution in [3.05, 3.63) is 29.6 Å². The molecule has 0 aliphatic heterocycles. The second-order valence-electron chi connectivity index (χ2n) is 5.53. The minimum absolute atomic E-state index is 0.142. The highest BCUT2D eigenvalue weighted by molar-refractivity contribution is 5.78. The summed E-state index contributed by atoms with van der Waals surface area (Å²) >= 11 is 0. The van der Waals surface area contributed by atoms with E-state index in [0.717, 1.165) is 25.0 Å². The number of nitrogens with zero attached hydrogens (tertiary/aromatic N) is 1. The molecule has 92 valence electrons. The Bertz CT molecular complexity index is 420. The Kier molecular flexibility index (Phi) is 3.18. The summed E-state index contributed by atoms with van der Waals surface area (Å²) in [5, 5.41) is 0. The first-order chi connectivity index (χ1) is 7.97. The van der Waals surface area contributed by atoms with Gasteiger partial charge >= 0.3 is 5.97 Å². The van der Waals surface area contributed by atoms with Crippen molar-refractivity contribution in [3.63, 3.8) is 0 Å². The molecule has 1 aliphatic rings. The van der Waals surface area contributed by atoms with Gasteiger partial charge in [-0.15, -0.1) is 0 Å². The molecule has 0 N–H and O–H groups in total. The van der Waals surface area contributed by atoms with Crippen LogP contribution in [0.15, 0.2) is 18.3 Å². The monoisotopic (exact) mass is 233 g/mol. The van der Waals surface area contributed by atoms with E-state index in [4.69, 9.17) is 4.74 Å². The SMILES string of the molecule is CC(C)(C)OC(=O)[C@@H]1CCCc2cccnc21. The van der Waals surface area contributed by atoms with Crippen LogP contribution in [0.1, 0.15) is 50.8 Å². The number of carbonyl (C=O) groups is 1. The lowest BCUT2D eigenvalue weighted by atomic mass is 9.86. The fourth-order valence-corrected chi connectivity index (χ4v) is 2.21. The molecule has 1 heterocycles. The Morgan fingerprint density at radius 1 is 1.47 bits per heavy atom. The molecule has 0 fully saturated rings. The summed E-state index contributed by atoms with van der Waals surface area (Å²) in [6.45, 7) is 5.69. The highest BCUT2D eigenvalue weighted by Gasteiger charge is 2.31. The molecule has 2 rings (SSSR count). The Labute approximate surface area is 102 Å². The van der Waals surface area contributed by atoms with E-state index in [9.17, 15) is 4.79 Å². The van der Waals surface area contributed by atoms with Gasteiger partial charge in [0, 0.05) is 6.20 Å². The fraction of sp³-hybridized carbons (Fsp3) is 0.571. The van der Waals surface area contributed by atoms with E-state index in [1.54, 1.807) is 6.20 Å². The van der Waals surface area contributed by atoms with Gasteiger partial charge in [0.05, 0.1) is 11.6 Å². The fourth-order valence-electron chi connectivity index (χ4n) is 2.21. The Morgan fingerprint density at radius 2 is 2.24 bits per heavy atom. The number of pyridine rings is 1. The predicted octanol–water partition coefficient (Wildman–Crippen LogP) is 2.84. The third kappa shape index (κ3) is 2.84. The quantitative estimate of drug-likeness (QED) is 0.700. The van der Waals surface area contributed by atoms with Crippen LogP contribution >= 0.6 is 0 Å². The number of ether oxygens (including phenoxy) is 1. The van der Waals surface area contributed by atoms with Crippen molar-refractivity contribution >= 4 is 5.97 Å². The molecular formula is C14H19NO2. The Morgan fingerprint density at radius 3 is 2.94 bits per heavy atom. The van der Waals surface area contributed by atoms with Crippen LogP contribution in [0.2, 0.25) is 0 Å². The van der Waals surface area contributed by atoms with Crippen LogP contribution in [0.25, 0.3) is 0 Å². The molecule has 0 spiro atoms. The summed E-state index contributed by atoms with van der Waals surface area (Å²) in [7, 11) is 0. The minimum Gasteiger partial charge on any atom is -0.459 e. The first-order valence-corrected chi connectivity index (χ1v) is 6.14. The standard InChI is InChI=1S/C14H19NO2/c1-14(2,3)17-13(16)11-8-4-6-10-7-5-9-15-12(10)11/h5,7,9,11H,4,6,8H2,1-3H3/t11-/m1/s1. The highest BCUT2D eigenvalue weighted by atomic mass is 16.6. The topological polar surface area (TPSA) is 39.2 Å².